The van der Waals surface area contributed by atoms with E-state index in [0.29, 0.717) is 12.2 Å². The molecule has 0 aromatic heterocycles. The highest BCUT2D eigenvalue weighted by atomic mass is 16.5. The third-order valence-electron chi connectivity index (χ3n) is 9.27. The number of carbonyl (C=O) groups is 1. The van der Waals surface area contributed by atoms with E-state index < -0.39 is 5.97 Å². The maximum atomic E-state index is 11.4. The zero-order valence-corrected chi connectivity index (χ0v) is 21.0. The molecule has 4 aromatic carbocycles. The van der Waals surface area contributed by atoms with Crippen LogP contribution in [0.25, 0.3) is 21.9 Å². The number of carboxylic acid groups (broad SMARTS) is 1. The minimum Gasteiger partial charge on any atom is -0.489 e. The number of rotatable bonds is 6. The fraction of sp³-hybridized carbons (Fsp3) is 0.324. The van der Waals surface area contributed by atoms with Gasteiger partial charge in [-0.2, -0.15) is 0 Å². The topological polar surface area (TPSA) is 46.5 Å². The molecule has 4 aliphatic carbocycles. The maximum absolute atomic E-state index is 11.4. The van der Waals surface area contributed by atoms with Crippen LogP contribution in [0.1, 0.15) is 60.0 Å². The Morgan fingerprint density at radius 1 is 0.811 bits per heavy atom. The van der Waals surface area contributed by atoms with Crippen LogP contribution in [0.15, 0.2) is 84.9 Å². The summed E-state index contributed by atoms with van der Waals surface area (Å²) in [5, 5.41) is 11.7. The smallest absolute Gasteiger partial charge is 0.335 e. The van der Waals surface area contributed by atoms with Crippen LogP contribution in [-0.4, -0.2) is 11.1 Å². The first-order valence-corrected chi connectivity index (χ1v) is 13.6. The van der Waals surface area contributed by atoms with Crippen molar-refractivity contribution < 1.29 is 14.6 Å². The average Bonchev–Trinajstić information content (AvgIpc) is 2.91. The SMILES string of the molecule is O=C(O)c1ccc(-c2cccc3cc(OCc4ccccc4)c(C45CC6CC(CC(C6)C4)C5)cc23)cc1. The molecular formula is C34H32O3. The number of hydrogen-bond donors (Lipinski definition) is 1. The summed E-state index contributed by atoms with van der Waals surface area (Å²) in [6.07, 6.45) is 8.07. The number of aromatic carboxylic acids is 1. The van der Waals surface area contributed by atoms with E-state index in [1.165, 1.54) is 55.0 Å². The lowest BCUT2D eigenvalue weighted by atomic mass is 9.48. The Kier molecular flexibility index (Phi) is 5.35. The summed E-state index contributed by atoms with van der Waals surface area (Å²) in [5.41, 5.74) is 5.29. The molecule has 4 aliphatic rings. The molecule has 1 N–H and O–H groups in total. The summed E-state index contributed by atoms with van der Waals surface area (Å²) in [6.45, 7) is 0.571. The Morgan fingerprint density at radius 3 is 2.14 bits per heavy atom. The largest absolute Gasteiger partial charge is 0.489 e. The first-order chi connectivity index (χ1) is 18.1. The summed E-state index contributed by atoms with van der Waals surface area (Å²) in [4.78, 5) is 11.4. The summed E-state index contributed by atoms with van der Waals surface area (Å²) in [7, 11) is 0. The van der Waals surface area contributed by atoms with E-state index in [9.17, 15) is 9.90 Å². The first kappa shape index (κ1) is 22.6. The molecular weight excluding hydrogens is 456 g/mol. The third-order valence-corrected chi connectivity index (χ3v) is 9.27. The Hall–Kier alpha value is -3.59. The predicted octanol–water partition coefficient (Wildman–Crippen LogP) is 8.25. The molecule has 0 spiro atoms. The van der Waals surface area contributed by atoms with E-state index in [1.807, 2.05) is 18.2 Å². The Balaban J connectivity index is 1.36. The van der Waals surface area contributed by atoms with Gasteiger partial charge in [-0.3, -0.25) is 0 Å². The molecule has 4 bridgehead atoms. The zero-order valence-electron chi connectivity index (χ0n) is 21.0. The van der Waals surface area contributed by atoms with Crippen molar-refractivity contribution in [3.05, 3.63) is 102 Å². The lowest BCUT2D eigenvalue weighted by Crippen LogP contribution is -2.48. The van der Waals surface area contributed by atoms with Crippen LogP contribution < -0.4 is 4.74 Å². The number of fused-ring (bicyclic) bond motifs is 1. The Bertz CT molecular complexity index is 1430. The summed E-state index contributed by atoms with van der Waals surface area (Å²) >= 11 is 0. The number of carboxylic acids is 1. The van der Waals surface area contributed by atoms with E-state index in [0.717, 1.165) is 40.0 Å². The third kappa shape index (κ3) is 4.01. The van der Waals surface area contributed by atoms with Gasteiger partial charge in [0, 0.05) is 5.56 Å². The molecule has 0 saturated heterocycles. The second-order valence-electron chi connectivity index (χ2n) is 11.7. The molecule has 0 atom stereocenters. The minimum atomic E-state index is -0.895. The molecule has 37 heavy (non-hydrogen) atoms. The predicted molar refractivity (Wildman–Crippen MR) is 147 cm³/mol. The highest BCUT2D eigenvalue weighted by molar-refractivity contribution is 5.98. The minimum absolute atomic E-state index is 0.204. The highest BCUT2D eigenvalue weighted by Gasteiger charge is 2.52. The van der Waals surface area contributed by atoms with Crippen molar-refractivity contribution in [1.82, 2.24) is 0 Å². The molecule has 4 aromatic rings. The highest BCUT2D eigenvalue weighted by Crippen LogP contribution is 2.62. The molecule has 4 fully saturated rings. The van der Waals surface area contributed by atoms with Gasteiger partial charge in [-0.1, -0.05) is 60.7 Å². The normalized spacial score (nSPS) is 25.9. The number of benzene rings is 4. The average molecular weight is 489 g/mol. The summed E-state index contributed by atoms with van der Waals surface area (Å²) in [5.74, 6) is 2.69. The van der Waals surface area contributed by atoms with Crippen molar-refractivity contribution in [2.24, 2.45) is 17.8 Å². The molecule has 0 aliphatic heterocycles. The van der Waals surface area contributed by atoms with Gasteiger partial charge in [0.2, 0.25) is 0 Å². The van der Waals surface area contributed by atoms with Crippen molar-refractivity contribution in [3.63, 3.8) is 0 Å². The lowest BCUT2D eigenvalue weighted by Gasteiger charge is -2.57. The van der Waals surface area contributed by atoms with Crippen molar-refractivity contribution in [2.75, 3.05) is 0 Å². The lowest BCUT2D eigenvalue weighted by molar-refractivity contribution is -0.00640. The molecule has 0 radical (unpaired) electrons. The quantitative estimate of drug-likeness (QED) is 0.297. The van der Waals surface area contributed by atoms with Crippen LogP contribution in [0.3, 0.4) is 0 Å². The van der Waals surface area contributed by atoms with Crippen LogP contribution in [0.2, 0.25) is 0 Å². The van der Waals surface area contributed by atoms with Gasteiger partial charge in [0.15, 0.2) is 0 Å². The second kappa shape index (κ2) is 8.76. The van der Waals surface area contributed by atoms with Crippen molar-refractivity contribution in [3.8, 4) is 16.9 Å². The molecule has 3 nitrogen and oxygen atoms in total. The molecule has 0 amide bonds. The second-order valence-corrected chi connectivity index (χ2v) is 11.7. The molecule has 3 heteroatoms. The number of ether oxygens (including phenoxy) is 1. The van der Waals surface area contributed by atoms with Gasteiger partial charge in [0.1, 0.15) is 12.4 Å². The maximum Gasteiger partial charge on any atom is 0.335 e. The summed E-state index contributed by atoms with van der Waals surface area (Å²) in [6, 6.07) is 28.8. The standard InChI is InChI=1S/C34H32O3/c35-33(36)27-11-9-26(10-12-27)29-8-4-7-28-16-32(37-21-22-5-2-1-3-6-22)31(17-30(28)29)34-18-23-13-24(19-34)15-25(14-23)20-34/h1-12,16-17,23-25H,13-15,18-21H2,(H,35,36). The Labute approximate surface area is 218 Å². The number of hydrogen-bond acceptors (Lipinski definition) is 2. The van der Waals surface area contributed by atoms with Gasteiger partial charge in [-0.15, -0.1) is 0 Å². The van der Waals surface area contributed by atoms with Crippen LogP contribution in [0, 0.1) is 17.8 Å². The van der Waals surface area contributed by atoms with Crippen molar-refractivity contribution in [2.45, 2.75) is 50.5 Å². The fourth-order valence-electron chi connectivity index (χ4n) is 8.06. The first-order valence-electron chi connectivity index (χ1n) is 13.6. The van der Waals surface area contributed by atoms with Gasteiger partial charge >= 0.3 is 5.97 Å². The molecule has 4 saturated carbocycles. The van der Waals surface area contributed by atoms with E-state index in [-0.39, 0.29) is 5.41 Å². The van der Waals surface area contributed by atoms with Gasteiger partial charge in [-0.05, 0) is 113 Å². The molecule has 8 rings (SSSR count). The fourth-order valence-corrected chi connectivity index (χ4v) is 8.06. The Morgan fingerprint density at radius 2 is 1.49 bits per heavy atom. The van der Waals surface area contributed by atoms with E-state index >= 15 is 0 Å². The van der Waals surface area contributed by atoms with Gasteiger partial charge in [0.25, 0.3) is 0 Å². The van der Waals surface area contributed by atoms with Crippen LogP contribution in [0.4, 0.5) is 0 Å². The molecule has 0 unspecified atom stereocenters. The van der Waals surface area contributed by atoms with Crippen LogP contribution in [0.5, 0.6) is 5.75 Å². The molecule has 0 heterocycles. The van der Waals surface area contributed by atoms with Gasteiger partial charge < -0.3 is 9.84 Å². The van der Waals surface area contributed by atoms with Crippen molar-refractivity contribution in [1.29, 1.82) is 0 Å². The van der Waals surface area contributed by atoms with E-state index in [4.69, 9.17) is 4.74 Å². The van der Waals surface area contributed by atoms with E-state index in [1.54, 1.807) is 12.1 Å². The summed E-state index contributed by atoms with van der Waals surface area (Å²) < 4.78 is 6.64. The monoisotopic (exact) mass is 488 g/mol. The molecule has 186 valence electrons. The van der Waals surface area contributed by atoms with E-state index in [2.05, 4.69) is 54.6 Å². The van der Waals surface area contributed by atoms with Crippen LogP contribution >= 0.6 is 0 Å². The zero-order chi connectivity index (χ0) is 25.0. The van der Waals surface area contributed by atoms with Gasteiger partial charge in [0.05, 0.1) is 5.56 Å². The van der Waals surface area contributed by atoms with Crippen molar-refractivity contribution >= 4 is 16.7 Å². The van der Waals surface area contributed by atoms with Gasteiger partial charge in [-0.25, -0.2) is 4.79 Å². The van der Waals surface area contributed by atoms with Crippen LogP contribution in [-0.2, 0) is 12.0 Å².